The molecule has 204 valence electrons. The van der Waals surface area contributed by atoms with Gasteiger partial charge in [-0.05, 0) is 76.8 Å². The molecule has 1 fully saturated rings. The summed E-state index contributed by atoms with van der Waals surface area (Å²) in [6, 6.07) is 20.9. The summed E-state index contributed by atoms with van der Waals surface area (Å²) in [7, 11) is 0. The second-order valence-corrected chi connectivity index (χ2v) is 11.7. The molecule has 0 saturated carbocycles. The van der Waals surface area contributed by atoms with Crippen molar-refractivity contribution in [1.29, 1.82) is 0 Å². The highest BCUT2D eigenvalue weighted by Gasteiger charge is 2.40. The number of hydrogen-bond donors (Lipinski definition) is 2. The van der Waals surface area contributed by atoms with Crippen molar-refractivity contribution in [2.24, 2.45) is 11.3 Å². The number of carbonyl (C=O) groups is 3. The Kier molecular flexibility index (Phi) is 8.45. The lowest BCUT2D eigenvalue weighted by Crippen LogP contribution is -2.55. The van der Waals surface area contributed by atoms with Gasteiger partial charge in [0.15, 0.2) is 0 Å². The van der Waals surface area contributed by atoms with Crippen molar-refractivity contribution in [1.82, 2.24) is 10.2 Å². The predicted molar refractivity (Wildman–Crippen MR) is 154 cm³/mol. The van der Waals surface area contributed by atoms with E-state index in [-0.39, 0.29) is 28.7 Å². The molecule has 1 aliphatic heterocycles. The summed E-state index contributed by atoms with van der Waals surface area (Å²) in [6.07, 6.45) is 0.830. The van der Waals surface area contributed by atoms with Crippen LogP contribution in [-0.2, 0) is 4.79 Å². The zero-order chi connectivity index (χ0) is 28.3. The topological polar surface area (TPSA) is 86.7 Å². The Labute approximate surface area is 235 Å². The van der Waals surface area contributed by atoms with E-state index in [9.17, 15) is 19.5 Å². The number of carboxylic acid groups (broad SMARTS) is 1. The highest BCUT2D eigenvalue weighted by atomic mass is 35.5. The smallest absolute Gasteiger partial charge is 0.335 e. The van der Waals surface area contributed by atoms with Crippen LogP contribution in [0, 0.1) is 11.3 Å². The van der Waals surface area contributed by atoms with E-state index in [1.165, 1.54) is 11.6 Å². The van der Waals surface area contributed by atoms with Gasteiger partial charge >= 0.3 is 5.97 Å². The molecular weight excluding hydrogens is 512 g/mol. The lowest BCUT2D eigenvalue weighted by molar-refractivity contribution is -0.137. The van der Waals surface area contributed by atoms with E-state index in [1.807, 2.05) is 36.9 Å². The molecule has 3 aromatic rings. The fraction of sp³-hybridized carbons (Fsp3) is 0.344. The summed E-state index contributed by atoms with van der Waals surface area (Å²) < 4.78 is 0. The average molecular weight is 547 g/mol. The molecule has 7 heteroatoms. The van der Waals surface area contributed by atoms with E-state index in [0.29, 0.717) is 35.2 Å². The minimum atomic E-state index is -1.01. The van der Waals surface area contributed by atoms with Gasteiger partial charge in [0, 0.05) is 23.7 Å². The average Bonchev–Trinajstić information content (AvgIpc) is 2.91. The number of benzene rings is 3. The van der Waals surface area contributed by atoms with Crippen LogP contribution in [0.15, 0.2) is 72.8 Å². The molecular formula is C32H35ClN2O4. The molecule has 1 heterocycles. The third-order valence-corrected chi connectivity index (χ3v) is 7.85. The van der Waals surface area contributed by atoms with Crippen molar-refractivity contribution in [2.45, 2.75) is 46.1 Å². The Balaban J connectivity index is 1.48. The van der Waals surface area contributed by atoms with E-state index in [2.05, 4.69) is 31.3 Å². The first-order chi connectivity index (χ1) is 18.5. The zero-order valence-electron chi connectivity index (χ0n) is 22.8. The SMILES string of the molecule is CC(C)[C@@H](NC(=O)c1cccc(-c2cccc(C(=O)O)c2)c1)C(=O)N1CCC(c2ccc(Cl)cc2)C(C)(C)C1. The van der Waals surface area contributed by atoms with Crippen molar-refractivity contribution in [3.05, 3.63) is 94.5 Å². The molecule has 2 N–H and O–H groups in total. The second kappa shape index (κ2) is 11.6. The minimum Gasteiger partial charge on any atom is -0.478 e. The number of hydrogen-bond acceptors (Lipinski definition) is 3. The van der Waals surface area contributed by atoms with Gasteiger partial charge in [0.05, 0.1) is 5.56 Å². The molecule has 1 aliphatic rings. The first kappa shape index (κ1) is 28.4. The van der Waals surface area contributed by atoms with Gasteiger partial charge in [-0.2, -0.15) is 0 Å². The highest BCUT2D eigenvalue weighted by molar-refractivity contribution is 6.30. The molecule has 3 aromatic carbocycles. The fourth-order valence-corrected chi connectivity index (χ4v) is 5.59. The lowest BCUT2D eigenvalue weighted by atomic mass is 9.70. The molecule has 39 heavy (non-hydrogen) atoms. The first-order valence-electron chi connectivity index (χ1n) is 13.2. The Hall–Kier alpha value is -3.64. The largest absolute Gasteiger partial charge is 0.478 e. The summed E-state index contributed by atoms with van der Waals surface area (Å²) >= 11 is 6.09. The quantitative estimate of drug-likeness (QED) is 0.354. The number of halogens is 1. The van der Waals surface area contributed by atoms with Gasteiger partial charge in [0.1, 0.15) is 6.04 Å². The standard InChI is InChI=1S/C32H35ClN2O4/c1-20(2)28(30(37)35-16-15-27(32(3,4)19-35)21-11-13-26(33)14-12-21)34-29(36)24-9-5-7-22(17-24)23-8-6-10-25(18-23)31(38)39/h5-14,17-18,20,27-28H,15-16,19H2,1-4H3,(H,34,36)(H,38,39)/t27?,28-/m1/s1. The van der Waals surface area contributed by atoms with E-state index in [1.54, 1.807) is 36.4 Å². The van der Waals surface area contributed by atoms with Crippen LogP contribution in [0.1, 0.15) is 66.3 Å². The monoisotopic (exact) mass is 546 g/mol. The van der Waals surface area contributed by atoms with Gasteiger partial charge in [-0.25, -0.2) is 4.79 Å². The number of nitrogens with one attached hydrogen (secondary N) is 1. The van der Waals surface area contributed by atoms with Crippen LogP contribution in [0.5, 0.6) is 0 Å². The summed E-state index contributed by atoms with van der Waals surface area (Å²) in [5, 5.41) is 13.0. The molecule has 1 saturated heterocycles. The van der Waals surface area contributed by atoms with Crippen molar-refractivity contribution in [2.75, 3.05) is 13.1 Å². The van der Waals surface area contributed by atoms with Crippen molar-refractivity contribution in [3.8, 4) is 11.1 Å². The number of rotatable bonds is 7. The van der Waals surface area contributed by atoms with Crippen LogP contribution in [0.4, 0.5) is 0 Å². The number of carboxylic acids is 1. The van der Waals surface area contributed by atoms with Crippen LogP contribution >= 0.6 is 11.6 Å². The fourth-order valence-electron chi connectivity index (χ4n) is 5.46. The molecule has 0 spiro atoms. The lowest BCUT2D eigenvalue weighted by Gasteiger charge is -2.45. The van der Waals surface area contributed by atoms with Crippen LogP contribution in [0.2, 0.25) is 5.02 Å². The second-order valence-electron chi connectivity index (χ2n) is 11.3. The van der Waals surface area contributed by atoms with E-state index in [4.69, 9.17) is 11.6 Å². The normalized spacial score (nSPS) is 17.5. The number of amides is 2. The van der Waals surface area contributed by atoms with Gasteiger partial charge in [0.25, 0.3) is 5.91 Å². The molecule has 0 aliphatic carbocycles. The summed E-state index contributed by atoms with van der Waals surface area (Å²) in [4.78, 5) is 40.3. The molecule has 4 rings (SSSR count). The molecule has 2 atom stereocenters. The van der Waals surface area contributed by atoms with Crippen LogP contribution in [-0.4, -0.2) is 46.9 Å². The van der Waals surface area contributed by atoms with E-state index >= 15 is 0 Å². The maximum atomic E-state index is 13.7. The van der Waals surface area contributed by atoms with E-state index in [0.717, 1.165) is 12.0 Å². The third kappa shape index (κ3) is 6.51. The van der Waals surface area contributed by atoms with Gasteiger partial charge in [-0.3, -0.25) is 9.59 Å². The maximum Gasteiger partial charge on any atom is 0.335 e. The number of likely N-dealkylation sites (tertiary alicyclic amines) is 1. The number of nitrogens with zero attached hydrogens (tertiary/aromatic N) is 1. The van der Waals surface area contributed by atoms with Gasteiger partial charge in [-0.15, -0.1) is 0 Å². The van der Waals surface area contributed by atoms with Gasteiger partial charge < -0.3 is 15.3 Å². The molecule has 0 bridgehead atoms. The Morgan fingerprint density at radius 1 is 0.949 bits per heavy atom. The Morgan fingerprint density at radius 2 is 1.54 bits per heavy atom. The third-order valence-electron chi connectivity index (χ3n) is 7.60. The molecule has 0 aromatic heterocycles. The summed E-state index contributed by atoms with van der Waals surface area (Å²) in [5.74, 6) is -1.23. The molecule has 2 amide bonds. The Bertz CT molecular complexity index is 1370. The van der Waals surface area contributed by atoms with Crippen molar-refractivity contribution >= 4 is 29.4 Å². The van der Waals surface area contributed by atoms with Crippen molar-refractivity contribution < 1.29 is 19.5 Å². The molecule has 1 unspecified atom stereocenters. The summed E-state index contributed by atoms with van der Waals surface area (Å²) in [5.41, 5.74) is 3.09. The van der Waals surface area contributed by atoms with Gasteiger partial charge in [-0.1, -0.05) is 75.7 Å². The minimum absolute atomic E-state index is 0.0775. The van der Waals surface area contributed by atoms with E-state index < -0.39 is 12.0 Å². The van der Waals surface area contributed by atoms with Crippen LogP contribution < -0.4 is 5.32 Å². The first-order valence-corrected chi connectivity index (χ1v) is 13.6. The van der Waals surface area contributed by atoms with Crippen molar-refractivity contribution in [3.63, 3.8) is 0 Å². The number of aromatic carboxylic acids is 1. The number of carbonyl (C=O) groups excluding carboxylic acids is 2. The Morgan fingerprint density at radius 3 is 2.10 bits per heavy atom. The number of piperidine rings is 1. The molecule has 0 radical (unpaired) electrons. The summed E-state index contributed by atoms with van der Waals surface area (Å²) in [6.45, 7) is 9.43. The zero-order valence-corrected chi connectivity index (χ0v) is 23.5. The molecule has 6 nitrogen and oxygen atoms in total. The predicted octanol–water partition coefficient (Wildman–Crippen LogP) is 6.50. The highest BCUT2D eigenvalue weighted by Crippen LogP contribution is 2.42. The van der Waals surface area contributed by atoms with Gasteiger partial charge in [0.2, 0.25) is 5.91 Å². The maximum absolute atomic E-state index is 13.7. The van der Waals surface area contributed by atoms with Crippen LogP contribution in [0.3, 0.4) is 0 Å². The van der Waals surface area contributed by atoms with Crippen LogP contribution in [0.25, 0.3) is 11.1 Å².